The third-order valence-corrected chi connectivity index (χ3v) is 6.13. The number of aryl methyl sites for hydroxylation is 1. The van der Waals surface area contributed by atoms with Crippen LogP contribution in [0.1, 0.15) is 56.9 Å². The highest BCUT2D eigenvalue weighted by atomic mass is 16.2. The molecule has 0 aliphatic heterocycles. The minimum Gasteiger partial charge on any atom is -0.347 e. The summed E-state index contributed by atoms with van der Waals surface area (Å²) in [4.78, 5) is 26.1. The average molecular weight is 409 g/mol. The number of carbonyl (C=O) groups is 2. The molecule has 6 nitrogen and oxygen atoms in total. The van der Waals surface area contributed by atoms with Crippen molar-refractivity contribution in [2.24, 2.45) is 24.8 Å². The largest absolute Gasteiger partial charge is 0.347 e. The molecule has 1 aliphatic rings. The van der Waals surface area contributed by atoms with Crippen molar-refractivity contribution in [3.63, 3.8) is 0 Å². The quantitative estimate of drug-likeness (QED) is 0.763. The van der Waals surface area contributed by atoms with Crippen LogP contribution in [-0.2, 0) is 11.8 Å². The predicted octanol–water partition coefficient (Wildman–Crippen LogP) is 3.77. The molecule has 160 valence electrons. The lowest BCUT2D eigenvalue weighted by molar-refractivity contribution is -0.127. The van der Waals surface area contributed by atoms with Gasteiger partial charge in [-0.1, -0.05) is 39.0 Å². The van der Waals surface area contributed by atoms with Gasteiger partial charge in [0.1, 0.15) is 11.7 Å². The first-order valence-electron chi connectivity index (χ1n) is 10.9. The molecule has 1 fully saturated rings. The maximum absolute atomic E-state index is 13.1. The Morgan fingerprint density at radius 2 is 2.00 bits per heavy atom. The number of benzene rings is 1. The zero-order valence-corrected chi connectivity index (χ0v) is 18.3. The van der Waals surface area contributed by atoms with Crippen molar-refractivity contribution >= 4 is 22.7 Å². The number of para-hydroxylation sites is 1. The monoisotopic (exact) mass is 408 g/mol. The molecule has 30 heavy (non-hydrogen) atoms. The highest BCUT2D eigenvalue weighted by molar-refractivity contribution is 5.99. The molecule has 2 unspecified atom stereocenters. The average Bonchev–Trinajstić information content (AvgIpc) is 3.04. The van der Waals surface area contributed by atoms with Crippen LogP contribution in [0.3, 0.4) is 0 Å². The number of nitriles is 1. The van der Waals surface area contributed by atoms with Crippen molar-refractivity contribution in [2.75, 3.05) is 0 Å². The summed E-state index contributed by atoms with van der Waals surface area (Å²) in [7, 11) is 1.88. The Morgan fingerprint density at radius 1 is 1.27 bits per heavy atom. The fraction of sp³-hybridized carbons (Fsp3) is 0.542. The molecule has 0 saturated heterocycles. The zero-order chi connectivity index (χ0) is 21.8. The number of carbonyl (C=O) groups excluding carboxylic acids is 2. The highest BCUT2D eigenvalue weighted by Crippen LogP contribution is 2.30. The van der Waals surface area contributed by atoms with E-state index in [-0.39, 0.29) is 23.8 Å². The van der Waals surface area contributed by atoms with Gasteiger partial charge in [-0.15, -0.1) is 0 Å². The van der Waals surface area contributed by atoms with Crippen molar-refractivity contribution in [1.29, 1.82) is 5.26 Å². The van der Waals surface area contributed by atoms with E-state index in [4.69, 9.17) is 0 Å². The Labute approximate surface area is 178 Å². The summed E-state index contributed by atoms with van der Waals surface area (Å²) in [6, 6.07) is 11.2. The second-order valence-electron chi connectivity index (χ2n) is 9.07. The Hall–Kier alpha value is -2.81. The predicted molar refractivity (Wildman–Crippen MR) is 118 cm³/mol. The molecule has 1 heterocycles. The van der Waals surface area contributed by atoms with E-state index in [9.17, 15) is 14.9 Å². The molecule has 3 rings (SSSR count). The summed E-state index contributed by atoms with van der Waals surface area (Å²) in [5.74, 6) is 0.154. The van der Waals surface area contributed by atoms with E-state index in [2.05, 4.69) is 23.6 Å². The van der Waals surface area contributed by atoms with Crippen LogP contribution in [0.15, 0.2) is 30.3 Å². The van der Waals surface area contributed by atoms with Gasteiger partial charge in [0.15, 0.2) is 0 Å². The first-order valence-corrected chi connectivity index (χ1v) is 10.9. The highest BCUT2D eigenvalue weighted by Gasteiger charge is 2.36. The van der Waals surface area contributed by atoms with Crippen LogP contribution in [0.25, 0.3) is 10.9 Å². The van der Waals surface area contributed by atoms with Gasteiger partial charge in [-0.25, -0.2) is 0 Å². The molecule has 1 aromatic carbocycles. The SMILES string of the molecule is CC(C)CC(C#N)NC(=O)[C@@H]1CCC(C)C[C@@H]1NC(=O)c1cc2ccccc2n1C. The zero-order valence-electron chi connectivity index (χ0n) is 18.3. The number of nitrogens with one attached hydrogen (secondary N) is 2. The van der Waals surface area contributed by atoms with Crippen molar-refractivity contribution in [2.45, 2.75) is 58.5 Å². The Morgan fingerprint density at radius 3 is 2.67 bits per heavy atom. The maximum atomic E-state index is 13.1. The molecular weight excluding hydrogens is 376 g/mol. The number of fused-ring (bicyclic) bond motifs is 1. The lowest BCUT2D eigenvalue weighted by atomic mass is 9.78. The molecule has 1 saturated carbocycles. The molecule has 1 aliphatic carbocycles. The number of rotatable bonds is 6. The van der Waals surface area contributed by atoms with Gasteiger partial charge >= 0.3 is 0 Å². The minimum absolute atomic E-state index is 0.128. The molecule has 6 heteroatoms. The lowest BCUT2D eigenvalue weighted by Gasteiger charge is -2.35. The van der Waals surface area contributed by atoms with Gasteiger partial charge in [-0.05, 0) is 49.7 Å². The van der Waals surface area contributed by atoms with Crippen LogP contribution in [-0.4, -0.2) is 28.5 Å². The van der Waals surface area contributed by atoms with Gasteiger partial charge in [0.2, 0.25) is 5.91 Å². The number of amides is 2. The van der Waals surface area contributed by atoms with Crippen molar-refractivity contribution in [1.82, 2.24) is 15.2 Å². The maximum Gasteiger partial charge on any atom is 0.268 e. The van der Waals surface area contributed by atoms with Gasteiger partial charge in [0, 0.05) is 24.0 Å². The standard InChI is InChI=1S/C24H32N4O2/c1-15(2)11-18(14-25)26-23(29)19-10-9-16(3)12-20(19)27-24(30)22-13-17-7-5-6-8-21(17)28(22)4/h5-8,13,15-16,18-20H,9-12H2,1-4H3,(H,26,29)(H,27,30)/t16?,18?,19-,20+/m1/s1. The van der Waals surface area contributed by atoms with Gasteiger partial charge in [-0.3, -0.25) is 9.59 Å². The summed E-state index contributed by atoms with van der Waals surface area (Å²) in [6.07, 6.45) is 3.04. The third-order valence-electron chi connectivity index (χ3n) is 6.13. The smallest absolute Gasteiger partial charge is 0.268 e. The molecule has 0 spiro atoms. The van der Waals surface area contributed by atoms with Crippen molar-refractivity contribution in [3.05, 3.63) is 36.0 Å². The number of hydrogen-bond acceptors (Lipinski definition) is 3. The molecule has 0 radical (unpaired) electrons. The van der Waals surface area contributed by atoms with E-state index in [0.717, 1.165) is 23.7 Å². The Balaban J connectivity index is 1.75. The van der Waals surface area contributed by atoms with Crippen LogP contribution >= 0.6 is 0 Å². The van der Waals surface area contributed by atoms with Crippen molar-refractivity contribution < 1.29 is 9.59 Å². The summed E-state index contributed by atoms with van der Waals surface area (Å²) < 4.78 is 1.89. The van der Waals surface area contributed by atoms with E-state index >= 15 is 0 Å². The number of hydrogen-bond donors (Lipinski definition) is 2. The van der Waals surface area contributed by atoms with Crippen LogP contribution in [0.2, 0.25) is 0 Å². The second-order valence-corrected chi connectivity index (χ2v) is 9.07. The Bertz CT molecular complexity index is 956. The van der Waals surface area contributed by atoms with E-state index in [1.807, 2.05) is 55.8 Å². The van der Waals surface area contributed by atoms with Gasteiger partial charge in [0.05, 0.1) is 12.0 Å². The summed E-state index contributed by atoms with van der Waals surface area (Å²) >= 11 is 0. The molecule has 0 bridgehead atoms. The van der Waals surface area contributed by atoms with E-state index < -0.39 is 6.04 Å². The first kappa shape index (κ1) is 21.9. The van der Waals surface area contributed by atoms with Crippen LogP contribution in [0.5, 0.6) is 0 Å². The number of aromatic nitrogens is 1. The molecule has 2 N–H and O–H groups in total. The normalized spacial score (nSPS) is 22.5. The summed E-state index contributed by atoms with van der Waals surface area (Å²) in [6.45, 7) is 6.22. The fourth-order valence-electron chi connectivity index (χ4n) is 4.50. The summed E-state index contributed by atoms with van der Waals surface area (Å²) in [5, 5.41) is 16.4. The van der Waals surface area contributed by atoms with Gasteiger partial charge in [-0.2, -0.15) is 5.26 Å². The third kappa shape index (κ3) is 4.84. The van der Waals surface area contributed by atoms with Gasteiger partial charge in [0.25, 0.3) is 5.91 Å². The Kier molecular flexibility index (Phi) is 6.81. The van der Waals surface area contributed by atoms with E-state index in [1.54, 1.807) is 0 Å². The molecule has 2 amide bonds. The van der Waals surface area contributed by atoms with Crippen LogP contribution in [0.4, 0.5) is 0 Å². The van der Waals surface area contributed by atoms with Crippen LogP contribution in [0, 0.1) is 29.1 Å². The first-order chi connectivity index (χ1) is 14.3. The summed E-state index contributed by atoms with van der Waals surface area (Å²) in [5.41, 5.74) is 1.59. The fourth-order valence-corrected chi connectivity index (χ4v) is 4.50. The molecular formula is C24H32N4O2. The molecule has 2 aromatic rings. The number of nitrogens with zero attached hydrogens (tertiary/aromatic N) is 2. The lowest BCUT2D eigenvalue weighted by Crippen LogP contribution is -2.51. The van der Waals surface area contributed by atoms with Crippen molar-refractivity contribution in [3.8, 4) is 6.07 Å². The van der Waals surface area contributed by atoms with E-state index in [1.165, 1.54) is 0 Å². The topological polar surface area (TPSA) is 86.9 Å². The molecule has 4 atom stereocenters. The second kappa shape index (κ2) is 9.34. The molecule has 1 aromatic heterocycles. The van der Waals surface area contributed by atoms with Crippen LogP contribution < -0.4 is 10.6 Å². The van der Waals surface area contributed by atoms with Gasteiger partial charge < -0.3 is 15.2 Å². The van der Waals surface area contributed by atoms with E-state index in [0.29, 0.717) is 30.4 Å². The minimum atomic E-state index is -0.494.